The molecular weight excluding hydrogens is 318 g/mol. The van der Waals surface area contributed by atoms with E-state index in [2.05, 4.69) is 85.4 Å². The summed E-state index contributed by atoms with van der Waals surface area (Å²) >= 11 is 3.60. The first-order valence-corrected chi connectivity index (χ1v) is 14.2. The van der Waals surface area contributed by atoms with Crippen LogP contribution in [0.1, 0.15) is 11.1 Å². The van der Waals surface area contributed by atoms with Crippen LogP contribution in [0, 0.1) is 13.8 Å². The monoisotopic (exact) mass is 343 g/mol. The lowest BCUT2D eigenvalue weighted by Gasteiger charge is -2.47. The lowest BCUT2D eigenvalue weighted by molar-refractivity contribution is 1.26. The second kappa shape index (κ2) is 5.14. The van der Waals surface area contributed by atoms with Crippen LogP contribution in [-0.4, -0.2) is 16.5 Å². The van der Waals surface area contributed by atoms with Gasteiger partial charge in [0.25, 0.3) is 0 Å². The molecule has 1 rings (SSSR count). The van der Waals surface area contributed by atoms with Crippen molar-refractivity contribution in [3.63, 3.8) is 0 Å². The van der Waals surface area contributed by atoms with Gasteiger partial charge < -0.3 is 4.23 Å². The minimum absolute atomic E-state index is 1.19. The first-order chi connectivity index (χ1) is 7.94. The Hall–Kier alpha value is -0.0662. The van der Waals surface area contributed by atoms with Crippen LogP contribution in [0.15, 0.2) is 16.6 Å². The molecule has 1 nitrogen and oxygen atoms in total. The van der Waals surface area contributed by atoms with Crippen LogP contribution in [0.5, 0.6) is 0 Å². The predicted molar refractivity (Wildman–Crippen MR) is 92.8 cm³/mol. The van der Waals surface area contributed by atoms with E-state index in [1.807, 2.05) is 0 Å². The van der Waals surface area contributed by atoms with Crippen LogP contribution in [-0.2, 0) is 0 Å². The van der Waals surface area contributed by atoms with Gasteiger partial charge in [-0.3, -0.25) is 0 Å². The lowest BCUT2D eigenvalue weighted by atomic mass is 10.1. The Bertz CT molecular complexity index is 407. The van der Waals surface area contributed by atoms with Gasteiger partial charge in [0, 0.05) is 10.2 Å². The Balaban J connectivity index is 3.50. The number of nitrogens with zero attached hydrogens (tertiary/aromatic N) is 1. The average molecular weight is 344 g/mol. The summed E-state index contributed by atoms with van der Waals surface area (Å²) in [5.41, 5.74) is 4.27. The van der Waals surface area contributed by atoms with Crippen LogP contribution in [0.2, 0.25) is 39.3 Å². The fraction of sp³-hybridized carbons (Fsp3) is 0.571. The SMILES string of the molecule is Cc1cc(Br)cc(C)c1N([Si](C)(C)C)[Si](C)(C)C. The molecule has 0 aliphatic carbocycles. The van der Waals surface area contributed by atoms with Crippen molar-refractivity contribution in [1.29, 1.82) is 0 Å². The van der Waals surface area contributed by atoms with Crippen molar-refractivity contribution in [3.8, 4) is 0 Å². The van der Waals surface area contributed by atoms with Gasteiger partial charge in [0.1, 0.15) is 16.5 Å². The summed E-state index contributed by atoms with van der Waals surface area (Å²) in [5, 5.41) is 0. The third kappa shape index (κ3) is 3.48. The number of benzene rings is 1. The lowest BCUT2D eigenvalue weighted by Crippen LogP contribution is -2.60. The predicted octanol–water partition coefficient (Wildman–Crippen LogP) is 5.54. The highest BCUT2D eigenvalue weighted by molar-refractivity contribution is 9.10. The van der Waals surface area contributed by atoms with Gasteiger partial charge in [-0.2, -0.15) is 0 Å². The van der Waals surface area contributed by atoms with Crippen LogP contribution in [0.25, 0.3) is 0 Å². The summed E-state index contributed by atoms with van der Waals surface area (Å²) in [6, 6.07) is 4.49. The molecule has 0 N–H and O–H groups in total. The molecule has 0 heterocycles. The number of hydrogen-bond donors (Lipinski definition) is 0. The van der Waals surface area contributed by atoms with Crippen LogP contribution in [0.4, 0.5) is 5.69 Å². The van der Waals surface area contributed by atoms with Crippen molar-refractivity contribution in [3.05, 3.63) is 27.7 Å². The van der Waals surface area contributed by atoms with E-state index in [0.29, 0.717) is 0 Å². The van der Waals surface area contributed by atoms with Gasteiger partial charge in [-0.25, -0.2) is 0 Å². The van der Waals surface area contributed by atoms with E-state index in [0.717, 1.165) is 0 Å². The second-order valence-electron chi connectivity index (χ2n) is 7.07. The highest BCUT2D eigenvalue weighted by atomic mass is 79.9. The molecular formula is C14H26BrNSi2. The molecule has 0 atom stereocenters. The van der Waals surface area contributed by atoms with Crippen molar-refractivity contribution in [2.45, 2.75) is 53.1 Å². The minimum atomic E-state index is -1.36. The maximum atomic E-state index is 3.60. The van der Waals surface area contributed by atoms with Gasteiger partial charge in [-0.15, -0.1) is 0 Å². The van der Waals surface area contributed by atoms with Gasteiger partial charge in [-0.1, -0.05) is 55.2 Å². The Labute approximate surface area is 123 Å². The molecule has 0 unspecified atom stereocenters. The van der Waals surface area contributed by atoms with Gasteiger partial charge >= 0.3 is 0 Å². The molecule has 18 heavy (non-hydrogen) atoms. The molecule has 4 heteroatoms. The van der Waals surface area contributed by atoms with Gasteiger partial charge in [0.15, 0.2) is 0 Å². The molecule has 1 aromatic rings. The van der Waals surface area contributed by atoms with Crippen molar-refractivity contribution in [2.24, 2.45) is 0 Å². The highest BCUT2D eigenvalue weighted by Crippen LogP contribution is 2.35. The second-order valence-corrected chi connectivity index (χ2v) is 18.0. The number of rotatable bonds is 3. The fourth-order valence-electron chi connectivity index (χ4n) is 2.93. The quantitative estimate of drug-likeness (QED) is 0.651. The zero-order valence-electron chi connectivity index (χ0n) is 13.0. The van der Waals surface area contributed by atoms with Crippen molar-refractivity contribution >= 4 is 38.1 Å². The van der Waals surface area contributed by atoms with E-state index < -0.39 is 16.5 Å². The average Bonchev–Trinajstić information content (AvgIpc) is 2.06. The van der Waals surface area contributed by atoms with E-state index in [1.165, 1.54) is 21.3 Å². The van der Waals surface area contributed by atoms with Crippen LogP contribution in [0.3, 0.4) is 0 Å². The normalized spacial score (nSPS) is 12.7. The van der Waals surface area contributed by atoms with Crippen molar-refractivity contribution in [1.82, 2.24) is 0 Å². The van der Waals surface area contributed by atoms with Gasteiger partial charge in [0.2, 0.25) is 0 Å². The number of anilines is 1. The summed E-state index contributed by atoms with van der Waals surface area (Å²) in [6.07, 6.45) is 0. The molecule has 0 radical (unpaired) electrons. The van der Waals surface area contributed by atoms with Crippen molar-refractivity contribution < 1.29 is 0 Å². The maximum absolute atomic E-state index is 3.60. The maximum Gasteiger partial charge on any atom is 0.138 e. The molecule has 0 saturated carbocycles. The Morgan fingerprint density at radius 2 is 1.17 bits per heavy atom. The largest absolute Gasteiger partial charge is 0.424 e. The fourth-order valence-corrected chi connectivity index (χ4v) is 13.7. The highest BCUT2D eigenvalue weighted by Gasteiger charge is 2.36. The molecule has 1 aromatic carbocycles. The summed E-state index contributed by atoms with van der Waals surface area (Å²) in [4.78, 5) is 0. The molecule has 0 amide bonds. The van der Waals surface area contributed by atoms with Crippen LogP contribution < -0.4 is 4.23 Å². The molecule has 0 aliphatic rings. The standard InChI is InChI=1S/C14H26BrNSi2/c1-11-9-13(15)10-12(2)14(11)16(17(3,4)5)18(6,7)8/h9-10H,1-8H3. The number of aryl methyl sites for hydroxylation is 2. The van der Waals surface area contributed by atoms with E-state index in [-0.39, 0.29) is 0 Å². The summed E-state index contributed by atoms with van der Waals surface area (Å²) in [7, 11) is -2.73. The molecule has 102 valence electrons. The number of halogens is 1. The molecule has 0 saturated heterocycles. The third-order valence-electron chi connectivity index (χ3n) is 3.02. The summed E-state index contributed by atoms with van der Waals surface area (Å²) in [6.45, 7) is 19.2. The molecule has 0 bridgehead atoms. The van der Waals surface area contributed by atoms with E-state index >= 15 is 0 Å². The van der Waals surface area contributed by atoms with Crippen molar-refractivity contribution in [2.75, 3.05) is 4.23 Å². The van der Waals surface area contributed by atoms with Gasteiger partial charge in [0.05, 0.1) is 0 Å². The zero-order chi connectivity index (χ0) is 14.3. The Morgan fingerprint density at radius 1 is 0.833 bits per heavy atom. The minimum Gasteiger partial charge on any atom is -0.424 e. The Morgan fingerprint density at radius 3 is 1.44 bits per heavy atom. The smallest absolute Gasteiger partial charge is 0.138 e. The first-order valence-electron chi connectivity index (χ1n) is 6.51. The van der Waals surface area contributed by atoms with Gasteiger partial charge in [-0.05, 0) is 37.1 Å². The number of hydrogen-bond acceptors (Lipinski definition) is 1. The van der Waals surface area contributed by atoms with E-state index in [9.17, 15) is 0 Å². The third-order valence-corrected chi connectivity index (χ3v) is 10.6. The van der Waals surface area contributed by atoms with E-state index in [1.54, 1.807) is 0 Å². The molecule has 0 spiro atoms. The molecule has 0 fully saturated rings. The zero-order valence-corrected chi connectivity index (χ0v) is 16.6. The van der Waals surface area contributed by atoms with E-state index in [4.69, 9.17) is 0 Å². The summed E-state index contributed by atoms with van der Waals surface area (Å²) in [5.74, 6) is 0. The Kier molecular flexibility index (Phi) is 4.56. The van der Waals surface area contributed by atoms with Crippen LogP contribution >= 0.6 is 15.9 Å². The first kappa shape index (κ1) is 16.0. The molecule has 0 aromatic heterocycles. The molecule has 0 aliphatic heterocycles. The summed E-state index contributed by atoms with van der Waals surface area (Å²) < 4.78 is 3.99. The topological polar surface area (TPSA) is 3.24 Å².